The van der Waals surface area contributed by atoms with Crippen molar-refractivity contribution < 1.29 is 0 Å². The first-order valence-electron chi connectivity index (χ1n) is 6.95. The van der Waals surface area contributed by atoms with Gasteiger partial charge in [0.25, 0.3) is 0 Å². The molecular formula is C18H18N2. The van der Waals surface area contributed by atoms with Crippen molar-refractivity contribution in [2.24, 2.45) is 0 Å². The second-order valence-electron chi connectivity index (χ2n) is 5.04. The van der Waals surface area contributed by atoms with Gasteiger partial charge in [0.05, 0.1) is 5.52 Å². The number of benzene rings is 2. The lowest BCUT2D eigenvalue weighted by Crippen LogP contribution is -2.00. The first-order chi connectivity index (χ1) is 9.70. The van der Waals surface area contributed by atoms with E-state index in [2.05, 4.69) is 42.2 Å². The third kappa shape index (κ3) is 2.03. The van der Waals surface area contributed by atoms with Gasteiger partial charge in [-0.2, -0.15) is 0 Å². The van der Waals surface area contributed by atoms with E-state index in [4.69, 9.17) is 5.73 Å². The Balaban J connectivity index is 2.25. The molecule has 0 saturated heterocycles. The van der Waals surface area contributed by atoms with Gasteiger partial charge in [-0.05, 0) is 42.2 Å². The van der Waals surface area contributed by atoms with Crippen LogP contribution in [-0.2, 0) is 6.42 Å². The standard InChI is InChI=1S/C18H18N2/c1-3-15-12(2)20-17-10-9-14(11-16(17)18(15)19)13-7-5-4-6-8-13/h4-11H,3H2,1-2H3,(H2,19,20). The van der Waals surface area contributed by atoms with Gasteiger partial charge >= 0.3 is 0 Å². The Kier molecular flexibility index (Phi) is 3.15. The summed E-state index contributed by atoms with van der Waals surface area (Å²) in [6.07, 6.45) is 0.913. The number of nitrogen functional groups attached to an aromatic ring is 1. The van der Waals surface area contributed by atoms with E-state index in [0.717, 1.165) is 34.3 Å². The van der Waals surface area contributed by atoms with Gasteiger partial charge in [-0.1, -0.05) is 43.3 Å². The maximum atomic E-state index is 6.34. The summed E-state index contributed by atoms with van der Waals surface area (Å²) in [7, 11) is 0. The number of anilines is 1. The molecule has 2 N–H and O–H groups in total. The fourth-order valence-corrected chi connectivity index (χ4v) is 2.71. The molecule has 0 unspecified atom stereocenters. The summed E-state index contributed by atoms with van der Waals surface area (Å²) < 4.78 is 0. The highest BCUT2D eigenvalue weighted by Crippen LogP contribution is 2.30. The first-order valence-corrected chi connectivity index (χ1v) is 6.95. The molecule has 0 amide bonds. The molecule has 0 saturated carbocycles. The molecule has 0 fully saturated rings. The number of hydrogen-bond donors (Lipinski definition) is 1. The van der Waals surface area contributed by atoms with E-state index in [1.807, 2.05) is 25.1 Å². The van der Waals surface area contributed by atoms with Crippen molar-refractivity contribution in [3.8, 4) is 11.1 Å². The summed E-state index contributed by atoms with van der Waals surface area (Å²) in [5.74, 6) is 0. The first kappa shape index (κ1) is 12.7. The summed E-state index contributed by atoms with van der Waals surface area (Å²) in [5.41, 5.74) is 12.7. The second kappa shape index (κ2) is 4.97. The fraction of sp³-hybridized carbons (Fsp3) is 0.167. The molecule has 2 heteroatoms. The van der Waals surface area contributed by atoms with Gasteiger partial charge in [-0.3, -0.25) is 4.98 Å². The van der Waals surface area contributed by atoms with Crippen LogP contribution >= 0.6 is 0 Å². The molecule has 2 nitrogen and oxygen atoms in total. The molecule has 1 aromatic heterocycles. The molecular weight excluding hydrogens is 244 g/mol. The largest absolute Gasteiger partial charge is 0.398 e. The Bertz CT molecular complexity index is 761. The van der Waals surface area contributed by atoms with Crippen molar-refractivity contribution in [1.82, 2.24) is 4.98 Å². The van der Waals surface area contributed by atoms with Gasteiger partial charge in [0.1, 0.15) is 0 Å². The Hall–Kier alpha value is -2.35. The zero-order chi connectivity index (χ0) is 14.1. The van der Waals surface area contributed by atoms with E-state index >= 15 is 0 Å². The van der Waals surface area contributed by atoms with Gasteiger partial charge in [-0.15, -0.1) is 0 Å². The smallest absolute Gasteiger partial charge is 0.0726 e. The highest BCUT2D eigenvalue weighted by molar-refractivity contribution is 5.95. The topological polar surface area (TPSA) is 38.9 Å². The van der Waals surface area contributed by atoms with Crippen LogP contribution in [-0.4, -0.2) is 4.98 Å². The van der Waals surface area contributed by atoms with Gasteiger partial charge in [0.2, 0.25) is 0 Å². The van der Waals surface area contributed by atoms with Gasteiger partial charge < -0.3 is 5.73 Å². The van der Waals surface area contributed by atoms with Crippen LogP contribution in [0.5, 0.6) is 0 Å². The van der Waals surface area contributed by atoms with E-state index in [-0.39, 0.29) is 0 Å². The van der Waals surface area contributed by atoms with Crippen molar-refractivity contribution in [2.45, 2.75) is 20.3 Å². The van der Waals surface area contributed by atoms with E-state index in [0.29, 0.717) is 0 Å². The summed E-state index contributed by atoms with van der Waals surface area (Å²) in [6.45, 7) is 4.15. The van der Waals surface area contributed by atoms with Crippen LogP contribution in [0.25, 0.3) is 22.0 Å². The highest BCUT2D eigenvalue weighted by Gasteiger charge is 2.09. The van der Waals surface area contributed by atoms with E-state index in [1.54, 1.807) is 0 Å². The normalized spacial score (nSPS) is 10.9. The SMILES string of the molecule is CCc1c(C)nc2ccc(-c3ccccc3)cc2c1N. The quantitative estimate of drug-likeness (QED) is 0.745. The zero-order valence-corrected chi connectivity index (χ0v) is 11.9. The molecule has 0 bridgehead atoms. The third-order valence-corrected chi connectivity index (χ3v) is 3.80. The second-order valence-corrected chi connectivity index (χ2v) is 5.04. The lowest BCUT2D eigenvalue weighted by atomic mass is 9.99. The van der Waals surface area contributed by atoms with Crippen molar-refractivity contribution in [1.29, 1.82) is 0 Å². The molecule has 0 radical (unpaired) electrons. The molecule has 100 valence electrons. The fourth-order valence-electron chi connectivity index (χ4n) is 2.71. The molecule has 0 aliphatic heterocycles. The number of nitrogens with zero attached hydrogens (tertiary/aromatic N) is 1. The minimum atomic E-state index is 0.868. The summed E-state index contributed by atoms with van der Waals surface area (Å²) in [5, 5.41) is 1.05. The van der Waals surface area contributed by atoms with Gasteiger partial charge in [0, 0.05) is 16.8 Å². The van der Waals surface area contributed by atoms with Crippen molar-refractivity contribution in [3.05, 3.63) is 59.8 Å². The average Bonchev–Trinajstić information content (AvgIpc) is 2.48. The minimum absolute atomic E-state index is 0.868. The van der Waals surface area contributed by atoms with Crippen LogP contribution in [0.2, 0.25) is 0 Å². The number of rotatable bonds is 2. The molecule has 0 spiro atoms. The Labute approximate surface area is 119 Å². The number of aryl methyl sites for hydroxylation is 1. The molecule has 0 aliphatic rings. The van der Waals surface area contributed by atoms with Crippen molar-refractivity contribution >= 4 is 16.6 Å². The summed E-state index contributed by atoms with van der Waals surface area (Å²) in [4.78, 5) is 4.66. The number of hydrogen-bond acceptors (Lipinski definition) is 2. The van der Waals surface area contributed by atoms with Crippen LogP contribution < -0.4 is 5.73 Å². The molecule has 3 aromatic rings. The minimum Gasteiger partial charge on any atom is -0.398 e. The summed E-state index contributed by atoms with van der Waals surface area (Å²) in [6, 6.07) is 16.7. The number of fused-ring (bicyclic) bond motifs is 1. The van der Waals surface area contributed by atoms with Crippen molar-refractivity contribution in [3.63, 3.8) is 0 Å². The van der Waals surface area contributed by atoms with Crippen molar-refractivity contribution in [2.75, 3.05) is 5.73 Å². The lowest BCUT2D eigenvalue weighted by Gasteiger charge is -2.12. The van der Waals surface area contributed by atoms with Crippen LogP contribution in [0.15, 0.2) is 48.5 Å². The molecule has 0 aliphatic carbocycles. The average molecular weight is 262 g/mol. The van der Waals surface area contributed by atoms with Crippen LogP contribution in [0, 0.1) is 6.92 Å². The van der Waals surface area contributed by atoms with Crippen LogP contribution in [0.3, 0.4) is 0 Å². The molecule has 1 heterocycles. The number of nitrogens with two attached hydrogens (primary N) is 1. The lowest BCUT2D eigenvalue weighted by molar-refractivity contribution is 1.07. The Morgan fingerprint density at radius 1 is 1.00 bits per heavy atom. The van der Waals surface area contributed by atoms with E-state index < -0.39 is 0 Å². The highest BCUT2D eigenvalue weighted by atomic mass is 14.7. The molecule has 0 atom stereocenters. The molecule has 2 aromatic carbocycles. The Morgan fingerprint density at radius 2 is 1.75 bits per heavy atom. The maximum Gasteiger partial charge on any atom is 0.0726 e. The van der Waals surface area contributed by atoms with Gasteiger partial charge in [0.15, 0.2) is 0 Å². The van der Waals surface area contributed by atoms with E-state index in [9.17, 15) is 0 Å². The van der Waals surface area contributed by atoms with Crippen LogP contribution in [0.4, 0.5) is 5.69 Å². The molecule has 3 rings (SSSR count). The predicted molar refractivity (Wildman–Crippen MR) is 85.7 cm³/mol. The third-order valence-electron chi connectivity index (χ3n) is 3.80. The van der Waals surface area contributed by atoms with Gasteiger partial charge in [-0.25, -0.2) is 0 Å². The summed E-state index contributed by atoms with van der Waals surface area (Å²) >= 11 is 0. The number of pyridine rings is 1. The maximum absolute atomic E-state index is 6.34. The van der Waals surface area contributed by atoms with E-state index in [1.165, 1.54) is 11.1 Å². The van der Waals surface area contributed by atoms with Crippen LogP contribution in [0.1, 0.15) is 18.2 Å². The zero-order valence-electron chi connectivity index (χ0n) is 11.9. The molecule has 20 heavy (non-hydrogen) atoms. The Morgan fingerprint density at radius 3 is 2.45 bits per heavy atom. The predicted octanol–water partition coefficient (Wildman–Crippen LogP) is 4.35. The monoisotopic (exact) mass is 262 g/mol. The number of aromatic nitrogens is 1.